The SMILES string of the molecule is CC(C)n1ncc2c(C(=O)NC(C)(C)CC(C)(C)C)cc(C3CC3)nc21. The molecular formula is C21H32N4O. The third kappa shape index (κ3) is 4.08. The molecule has 2 aromatic heterocycles. The van der Waals surface area contributed by atoms with Crippen LogP contribution in [0.4, 0.5) is 0 Å². The third-order valence-electron chi connectivity index (χ3n) is 4.74. The van der Waals surface area contributed by atoms with Crippen LogP contribution in [0.5, 0.6) is 0 Å². The Hall–Kier alpha value is -1.91. The first-order valence-electron chi connectivity index (χ1n) is 9.67. The average molecular weight is 357 g/mol. The van der Waals surface area contributed by atoms with Gasteiger partial charge in [0.25, 0.3) is 5.91 Å². The Morgan fingerprint density at radius 2 is 1.92 bits per heavy atom. The van der Waals surface area contributed by atoms with Crippen molar-refractivity contribution in [2.24, 2.45) is 5.41 Å². The summed E-state index contributed by atoms with van der Waals surface area (Å²) in [6, 6.07) is 2.19. The normalized spacial score (nSPS) is 15.7. The van der Waals surface area contributed by atoms with Crippen molar-refractivity contribution in [2.75, 3.05) is 0 Å². The third-order valence-corrected chi connectivity index (χ3v) is 4.74. The molecule has 0 radical (unpaired) electrons. The zero-order valence-electron chi connectivity index (χ0n) is 17.2. The summed E-state index contributed by atoms with van der Waals surface area (Å²) in [4.78, 5) is 18.0. The molecule has 0 saturated heterocycles. The maximum Gasteiger partial charge on any atom is 0.252 e. The molecule has 2 aromatic rings. The van der Waals surface area contributed by atoms with Crippen LogP contribution in [-0.4, -0.2) is 26.2 Å². The molecule has 0 bridgehead atoms. The number of pyridine rings is 1. The van der Waals surface area contributed by atoms with Gasteiger partial charge < -0.3 is 5.32 Å². The molecular weight excluding hydrogens is 324 g/mol. The van der Waals surface area contributed by atoms with Crippen LogP contribution >= 0.6 is 0 Å². The van der Waals surface area contributed by atoms with Crippen LogP contribution in [0, 0.1) is 5.41 Å². The maximum absolute atomic E-state index is 13.2. The minimum Gasteiger partial charge on any atom is -0.347 e. The first kappa shape index (κ1) is 18.9. The zero-order chi connectivity index (χ0) is 19.3. The number of rotatable bonds is 5. The van der Waals surface area contributed by atoms with Crippen LogP contribution in [0.2, 0.25) is 0 Å². The van der Waals surface area contributed by atoms with Crippen molar-refractivity contribution in [1.29, 1.82) is 0 Å². The van der Waals surface area contributed by atoms with Gasteiger partial charge in [-0.25, -0.2) is 9.67 Å². The van der Waals surface area contributed by atoms with Crippen LogP contribution < -0.4 is 5.32 Å². The number of carbonyl (C=O) groups is 1. The molecule has 142 valence electrons. The lowest BCUT2D eigenvalue weighted by Gasteiger charge is -2.33. The van der Waals surface area contributed by atoms with Gasteiger partial charge in [-0.05, 0) is 58.4 Å². The predicted octanol–water partition coefficient (Wildman–Crippen LogP) is 4.83. The lowest BCUT2D eigenvalue weighted by molar-refractivity contribution is 0.0893. The Balaban J connectivity index is 1.99. The molecule has 0 aromatic carbocycles. The molecule has 0 atom stereocenters. The highest BCUT2D eigenvalue weighted by Crippen LogP contribution is 2.40. The van der Waals surface area contributed by atoms with Gasteiger partial charge in [-0.15, -0.1) is 0 Å². The molecule has 1 amide bonds. The van der Waals surface area contributed by atoms with Gasteiger partial charge in [0, 0.05) is 23.2 Å². The first-order chi connectivity index (χ1) is 12.0. The van der Waals surface area contributed by atoms with Gasteiger partial charge in [0.2, 0.25) is 0 Å². The van der Waals surface area contributed by atoms with E-state index in [1.165, 1.54) is 0 Å². The molecule has 5 nitrogen and oxygen atoms in total. The highest BCUT2D eigenvalue weighted by molar-refractivity contribution is 6.05. The summed E-state index contributed by atoms with van der Waals surface area (Å²) < 4.78 is 1.91. The van der Waals surface area contributed by atoms with Crippen molar-refractivity contribution in [1.82, 2.24) is 20.1 Å². The number of aromatic nitrogens is 3. The number of fused-ring (bicyclic) bond motifs is 1. The van der Waals surface area contributed by atoms with Crippen LogP contribution in [0.25, 0.3) is 11.0 Å². The van der Waals surface area contributed by atoms with Gasteiger partial charge in [0.1, 0.15) is 0 Å². The number of hydrogen-bond acceptors (Lipinski definition) is 3. The van der Waals surface area contributed by atoms with E-state index in [1.807, 2.05) is 10.7 Å². The summed E-state index contributed by atoms with van der Waals surface area (Å²) >= 11 is 0. The fourth-order valence-electron chi connectivity index (χ4n) is 3.94. The highest BCUT2D eigenvalue weighted by Gasteiger charge is 2.31. The van der Waals surface area contributed by atoms with Crippen molar-refractivity contribution in [2.45, 2.75) is 85.2 Å². The molecule has 5 heteroatoms. The van der Waals surface area contributed by atoms with E-state index in [1.54, 1.807) is 6.20 Å². The van der Waals surface area contributed by atoms with E-state index in [0.717, 1.165) is 36.0 Å². The van der Waals surface area contributed by atoms with Crippen molar-refractivity contribution in [3.63, 3.8) is 0 Å². The second-order valence-corrected chi connectivity index (χ2v) is 9.86. The molecule has 1 saturated carbocycles. The van der Waals surface area contributed by atoms with Gasteiger partial charge in [-0.2, -0.15) is 5.10 Å². The minimum absolute atomic E-state index is 0.0307. The highest BCUT2D eigenvalue weighted by atomic mass is 16.1. The molecule has 1 fully saturated rings. The lowest BCUT2D eigenvalue weighted by atomic mass is 9.81. The number of nitrogens with zero attached hydrogens (tertiary/aromatic N) is 3. The topological polar surface area (TPSA) is 59.8 Å². The van der Waals surface area contributed by atoms with Gasteiger partial charge >= 0.3 is 0 Å². The van der Waals surface area contributed by atoms with E-state index in [9.17, 15) is 4.79 Å². The molecule has 2 heterocycles. The van der Waals surface area contributed by atoms with E-state index >= 15 is 0 Å². The van der Waals surface area contributed by atoms with E-state index in [2.05, 4.69) is 58.9 Å². The smallest absolute Gasteiger partial charge is 0.252 e. The van der Waals surface area contributed by atoms with Crippen LogP contribution in [0.1, 0.15) is 95.7 Å². The Morgan fingerprint density at radius 1 is 1.27 bits per heavy atom. The fraction of sp³-hybridized carbons (Fsp3) is 0.667. The number of carbonyl (C=O) groups excluding carboxylic acids is 1. The second-order valence-electron chi connectivity index (χ2n) is 9.86. The molecule has 1 N–H and O–H groups in total. The van der Waals surface area contributed by atoms with Crippen LogP contribution in [0.3, 0.4) is 0 Å². The van der Waals surface area contributed by atoms with Gasteiger partial charge in [-0.1, -0.05) is 20.8 Å². The zero-order valence-corrected chi connectivity index (χ0v) is 17.2. The maximum atomic E-state index is 13.2. The fourth-order valence-corrected chi connectivity index (χ4v) is 3.94. The average Bonchev–Trinajstić information content (AvgIpc) is 3.22. The summed E-state index contributed by atoms with van der Waals surface area (Å²) in [5.74, 6) is 0.459. The summed E-state index contributed by atoms with van der Waals surface area (Å²) in [6.45, 7) is 15.0. The summed E-state index contributed by atoms with van der Waals surface area (Å²) in [6.07, 6.45) is 5.00. The van der Waals surface area contributed by atoms with Gasteiger partial charge in [0.15, 0.2) is 5.65 Å². The standard InChI is InChI=1S/C21H32N4O/c1-13(2)25-18-16(11-22-25)15(10-17(23-18)14-8-9-14)19(26)24-21(6,7)12-20(3,4)5/h10-11,13-14H,8-9,12H2,1-7H3,(H,24,26). The largest absolute Gasteiger partial charge is 0.347 e. The minimum atomic E-state index is -0.279. The Labute approximate surface area is 156 Å². The monoisotopic (exact) mass is 356 g/mol. The van der Waals surface area contributed by atoms with Crippen LogP contribution in [0.15, 0.2) is 12.3 Å². The Morgan fingerprint density at radius 3 is 2.46 bits per heavy atom. The summed E-state index contributed by atoms with van der Waals surface area (Å²) in [5.41, 5.74) is 2.41. The second kappa shape index (κ2) is 6.36. The van der Waals surface area contributed by atoms with Gasteiger partial charge in [-0.3, -0.25) is 4.79 Å². The van der Waals surface area contributed by atoms with E-state index in [0.29, 0.717) is 11.5 Å². The molecule has 1 aliphatic rings. The van der Waals surface area contributed by atoms with Crippen molar-refractivity contribution in [3.05, 3.63) is 23.5 Å². The first-order valence-corrected chi connectivity index (χ1v) is 9.67. The summed E-state index contributed by atoms with van der Waals surface area (Å²) in [5, 5.41) is 8.57. The molecule has 0 spiro atoms. The number of hydrogen-bond donors (Lipinski definition) is 1. The molecule has 0 unspecified atom stereocenters. The molecule has 3 rings (SSSR count). The molecule has 1 aliphatic carbocycles. The van der Waals surface area contributed by atoms with E-state index < -0.39 is 0 Å². The van der Waals surface area contributed by atoms with E-state index in [-0.39, 0.29) is 22.9 Å². The van der Waals surface area contributed by atoms with Crippen LogP contribution in [-0.2, 0) is 0 Å². The number of nitrogens with one attached hydrogen (secondary N) is 1. The van der Waals surface area contributed by atoms with Crippen molar-refractivity contribution < 1.29 is 4.79 Å². The van der Waals surface area contributed by atoms with Crippen molar-refractivity contribution >= 4 is 16.9 Å². The molecule has 26 heavy (non-hydrogen) atoms. The number of amides is 1. The van der Waals surface area contributed by atoms with Gasteiger partial charge in [0.05, 0.1) is 17.1 Å². The summed E-state index contributed by atoms with van der Waals surface area (Å²) in [7, 11) is 0. The predicted molar refractivity (Wildman–Crippen MR) is 106 cm³/mol. The quantitative estimate of drug-likeness (QED) is 0.834. The molecule has 0 aliphatic heterocycles. The van der Waals surface area contributed by atoms with E-state index in [4.69, 9.17) is 4.98 Å². The Bertz CT molecular complexity index is 822. The lowest BCUT2D eigenvalue weighted by Crippen LogP contribution is -2.45. The van der Waals surface area contributed by atoms with Crippen molar-refractivity contribution in [3.8, 4) is 0 Å². The Kier molecular flexibility index (Phi) is 4.62.